The van der Waals surface area contributed by atoms with E-state index in [2.05, 4.69) is 0 Å². The van der Waals surface area contributed by atoms with E-state index in [9.17, 15) is 9.36 Å². The number of rotatable bonds is 7. The number of benzene rings is 2. The highest BCUT2D eigenvalue weighted by atomic mass is 35.5. The van der Waals surface area contributed by atoms with Crippen LogP contribution in [0.2, 0.25) is 10.0 Å². The minimum atomic E-state index is -2.65. The number of hydrogen-bond acceptors (Lipinski definition) is 4. The van der Waals surface area contributed by atoms with E-state index in [0.717, 1.165) is 5.56 Å². The summed E-state index contributed by atoms with van der Waals surface area (Å²) in [6, 6.07) is 14.0. The molecule has 0 bridgehead atoms. The Balaban J connectivity index is 1.94. The first-order valence-corrected chi connectivity index (χ1v) is 8.70. The van der Waals surface area contributed by atoms with Gasteiger partial charge < -0.3 is 4.74 Å². The van der Waals surface area contributed by atoms with E-state index in [1.807, 2.05) is 30.3 Å². The van der Waals surface area contributed by atoms with Gasteiger partial charge in [0.25, 0.3) is 0 Å². The molecule has 0 aromatic heterocycles. The Morgan fingerprint density at radius 3 is 2.30 bits per heavy atom. The third kappa shape index (κ3) is 5.10. The van der Waals surface area contributed by atoms with E-state index < -0.39 is 19.8 Å². The summed E-state index contributed by atoms with van der Waals surface area (Å²) in [6.07, 6.45) is -0.816. The van der Waals surface area contributed by atoms with Crippen LogP contribution >= 0.6 is 31.2 Å². The summed E-state index contributed by atoms with van der Waals surface area (Å²) in [6.45, 7) is 1.85. The van der Waals surface area contributed by atoms with Crippen LogP contribution in [0.1, 0.15) is 22.8 Å². The standard InChI is InChI=1S/C16H14Cl2O4P/c1-11(21-10-12-6-3-2-4-7-12)22-23(20)16(19)15-13(17)8-5-9-14(15)18/h2-9,11H,10H2,1H3/q+1. The molecule has 0 aliphatic heterocycles. The fraction of sp³-hybridized carbons (Fsp3) is 0.188. The second-order valence-electron chi connectivity index (χ2n) is 4.63. The van der Waals surface area contributed by atoms with Crippen LogP contribution in [0.5, 0.6) is 0 Å². The van der Waals surface area contributed by atoms with E-state index in [4.69, 9.17) is 32.5 Å². The Kier molecular flexibility index (Phi) is 6.70. The quantitative estimate of drug-likeness (QED) is 0.479. The molecule has 0 N–H and O–H groups in total. The van der Waals surface area contributed by atoms with Gasteiger partial charge in [-0.1, -0.05) is 59.6 Å². The highest BCUT2D eigenvalue weighted by Gasteiger charge is 2.38. The lowest BCUT2D eigenvalue weighted by Gasteiger charge is -2.07. The van der Waals surface area contributed by atoms with E-state index in [1.165, 1.54) is 12.1 Å². The first-order valence-electron chi connectivity index (χ1n) is 6.77. The summed E-state index contributed by atoms with van der Waals surface area (Å²) >= 11 is 11.9. The van der Waals surface area contributed by atoms with Crippen LogP contribution in [0.3, 0.4) is 0 Å². The first kappa shape index (κ1) is 18.1. The van der Waals surface area contributed by atoms with Crippen LogP contribution in [0.4, 0.5) is 0 Å². The number of ether oxygens (including phenoxy) is 1. The molecule has 7 heteroatoms. The average Bonchev–Trinajstić information content (AvgIpc) is 2.53. The van der Waals surface area contributed by atoms with Crippen molar-refractivity contribution >= 4 is 36.8 Å². The topological polar surface area (TPSA) is 52.6 Å². The predicted octanol–water partition coefficient (Wildman–Crippen LogP) is 5.46. The van der Waals surface area contributed by atoms with Crippen molar-refractivity contribution in [3.8, 4) is 0 Å². The van der Waals surface area contributed by atoms with Gasteiger partial charge in [-0.25, -0.2) is 4.79 Å². The Morgan fingerprint density at radius 2 is 1.70 bits per heavy atom. The van der Waals surface area contributed by atoms with Crippen LogP contribution in [-0.4, -0.2) is 11.8 Å². The highest BCUT2D eigenvalue weighted by Crippen LogP contribution is 2.36. The zero-order chi connectivity index (χ0) is 16.8. The van der Waals surface area contributed by atoms with Gasteiger partial charge in [-0.2, -0.15) is 0 Å². The normalized spacial score (nSPS) is 12.7. The first-order chi connectivity index (χ1) is 11.0. The molecule has 4 nitrogen and oxygen atoms in total. The number of halogens is 2. The van der Waals surface area contributed by atoms with Crippen molar-refractivity contribution < 1.29 is 18.6 Å². The summed E-state index contributed by atoms with van der Waals surface area (Å²) in [7, 11) is -2.65. The average molecular weight is 372 g/mol. The largest absolute Gasteiger partial charge is 0.595 e. The third-order valence-corrected chi connectivity index (χ3v) is 4.59. The summed E-state index contributed by atoms with van der Waals surface area (Å²) in [5.41, 5.74) is 0.177. The fourth-order valence-electron chi connectivity index (χ4n) is 1.79. The minimum absolute atomic E-state index is 0.00722. The molecule has 0 heterocycles. The molecule has 2 atom stereocenters. The van der Waals surface area contributed by atoms with E-state index in [1.54, 1.807) is 13.0 Å². The van der Waals surface area contributed by atoms with Gasteiger partial charge >= 0.3 is 13.6 Å². The molecule has 0 aliphatic carbocycles. The van der Waals surface area contributed by atoms with Crippen molar-refractivity contribution in [3.05, 3.63) is 69.7 Å². The summed E-state index contributed by atoms with van der Waals surface area (Å²) in [5, 5.41) is 0.264. The summed E-state index contributed by atoms with van der Waals surface area (Å²) in [4.78, 5) is 12.2. The molecule has 2 aromatic carbocycles. The second kappa shape index (κ2) is 8.53. The molecular formula is C16H14Cl2O4P+. The molecule has 0 saturated heterocycles. The number of carbonyl (C=O) groups is 1. The highest BCUT2D eigenvalue weighted by molar-refractivity contribution is 7.60. The molecule has 120 valence electrons. The van der Waals surface area contributed by atoms with Gasteiger partial charge in [0.15, 0.2) is 0 Å². The van der Waals surface area contributed by atoms with Gasteiger partial charge in [-0.15, -0.1) is 4.52 Å². The van der Waals surface area contributed by atoms with Crippen molar-refractivity contribution in [1.82, 2.24) is 0 Å². The summed E-state index contributed by atoms with van der Waals surface area (Å²) in [5.74, 6) is 0. The third-order valence-electron chi connectivity index (χ3n) is 2.91. The van der Waals surface area contributed by atoms with E-state index in [-0.39, 0.29) is 22.2 Å². The molecule has 0 fully saturated rings. The maximum Gasteiger partial charge on any atom is 0.595 e. The molecule has 23 heavy (non-hydrogen) atoms. The molecular weight excluding hydrogens is 358 g/mol. The van der Waals surface area contributed by atoms with Gasteiger partial charge in [0, 0.05) is 0 Å². The lowest BCUT2D eigenvalue weighted by molar-refractivity contribution is -0.0711. The zero-order valence-corrected chi connectivity index (χ0v) is 14.6. The van der Waals surface area contributed by atoms with Gasteiger partial charge in [0.1, 0.15) is 5.56 Å². The van der Waals surface area contributed by atoms with Gasteiger partial charge in [-0.05, 0) is 29.2 Å². The SMILES string of the molecule is CC(OCc1ccccc1)O[P+](=O)C(=O)c1c(Cl)cccc1Cl. The Bertz CT molecular complexity index is 686. The van der Waals surface area contributed by atoms with Crippen LogP contribution in [-0.2, 0) is 20.4 Å². The Morgan fingerprint density at radius 1 is 1.09 bits per heavy atom. The minimum Gasteiger partial charge on any atom is -0.344 e. The van der Waals surface area contributed by atoms with Crippen molar-refractivity contribution in [2.45, 2.75) is 19.8 Å². The van der Waals surface area contributed by atoms with Crippen molar-refractivity contribution in [2.75, 3.05) is 0 Å². The van der Waals surface area contributed by atoms with Crippen LogP contribution < -0.4 is 0 Å². The van der Waals surface area contributed by atoms with Gasteiger partial charge in [-0.3, -0.25) is 0 Å². The van der Waals surface area contributed by atoms with E-state index >= 15 is 0 Å². The Labute approximate surface area is 145 Å². The lowest BCUT2D eigenvalue weighted by atomic mass is 10.2. The molecule has 0 saturated carbocycles. The molecule has 0 amide bonds. The van der Waals surface area contributed by atoms with Crippen molar-refractivity contribution in [1.29, 1.82) is 0 Å². The molecule has 0 spiro atoms. The molecule has 2 aromatic rings. The van der Waals surface area contributed by atoms with Crippen molar-refractivity contribution in [2.24, 2.45) is 0 Å². The van der Waals surface area contributed by atoms with Crippen molar-refractivity contribution in [3.63, 3.8) is 0 Å². The fourth-order valence-corrected chi connectivity index (χ4v) is 3.34. The van der Waals surface area contributed by atoms with Crippen LogP contribution in [0.25, 0.3) is 0 Å². The van der Waals surface area contributed by atoms with E-state index in [0.29, 0.717) is 0 Å². The number of hydrogen-bond donors (Lipinski definition) is 0. The smallest absolute Gasteiger partial charge is 0.344 e. The van der Waals surface area contributed by atoms with Crippen LogP contribution in [0.15, 0.2) is 48.5 Å². The predicted molar refractivity (Wildman–Crippen MR) is 90.2 cm³/mol. The lowest BCUT2D eigenvalue weighted by Crippen LogP contribution is -2.11. The molecule has 0 radical (unpaired) electrons. The van der Waals surface area contributed by atoms with Crippen LogP contribution in [0, 0.1) is 0 Å². The molecule has 2 rings (SSSR count). The second-order valence-corrected chi connectivity index (χ2v) is 6.57. The number of carbonyl (C=O) groups excluding carboxylic acids is 1. The molecule has 2 unspecified atom stereocenters. The Hall–Kier alpha value is -1.29. The monoisotopic (exact) mass is 371 g/mol. The van der Waals surface area contributed by atoms with Gasteiger partial charge in [0.05, 0.1) is 16.7 Å². The van der Waals surface area contributed by atoms with Gasteiger partial charge in [0.2, 0.25) is 6.29 Å². The maximum absolute atomic E-state index is 12.2. The maximum atomic E-state index is 12.2. The molecule has 0 aliphatic rings. The zero-order valence-electron chi connectivity index (χ0n) is 12.2. The summed E-state index contributed by atoms with van der Waals surface area (Å²) < 4.78 is 22.6.